The molecule has 0 aliphatic carbocycles. The lowest BCUT2D eigenvalue weighted by atomic mass is 9.72. The Morgan fingerprint density at radius 3 is 2.59 bits per heavy atom. The van der Waals surface area contributed by atoms with Crippen molar-refractivity contribution in [2.45, 2.75) is 52.0 Å². The fraction of sp³-hybridized carbons (Fsp3) is 0.586. The molecule has 2 fully saturated rings. The molecule has 2 atom stereocenters. The maximum Gasteiger partial charge on any atom is 0.339 e. The molecule has 5 rings (SSSR count). The van der Waals surface area contributed by atoms with Crippen molar-refractivity contribution in [3.05, 3.63) is 41.7 Å². The SMILES string of the molecule is CC(C)C1N(C(=O)N2CCC[C@H](CN3CCOCC3)C2)C=C(C(=O)O)c2[nH]c3ccccc3c2C1(C)C. The molecule has 0 saturated carbocycles. The van der Waals surface area contributed by atoms with Gasteiger partial charge in [0.2, 0.25) is 0 Å². The van der Waals surface area contributed by atoms with Crippen LogP contribution in [0.3, 0.4) is 0 Å². The van der Waals surface area contributed by atoms with E-state index in [2.05, 4.69) is 37.6 Å². The highest BCUT2D eigenvalue weighted by Gasteiger charge is 2.46. The van der Waals surface area contributed by atoms with Gasteiger partial charge in [0.15, 0.2) is 0 Å². The van der Waals surface area contributed by atoms with E-state index in [-0.39, 0.29) is 23.6 Å². The molecule has 8 nitrogen and oxygen atoms in total. The van der Waals surface area contributed by atoms with Crippen molar-refractivity contribution >= 4 is 28.5 Å². The minimum Gasteiger partial charge on any atom is -0.478 e. The molecule has 2 saturated heterocycles. The summed E-state index contributed by atoms with van der Waals surface area (Å²) in [4.78, 5) is 36.3. The quantitative estimate of drug-likeness (QED) is 0.640. The second kappa shape index (κ2) is 10.1. The Morgan fingerprint density at radius 1 is 1.16 bits per heavy atom. The lowest BCUT2D eigenvalue weighted by molar-refractivity contribution is -0.130. The van der Waals surface area contributed by atoms with Crippen LogP contribution in [0.5, 0.6) is 0 Å². The molecule has 200 valence electrons. The maximum atomic E-state index is 14.2. The molecule has 2 N–H and O–H groups in total. The molecular weight excluding hydrogens is 468 g/mol. The number of H-pyrrole nitrogens is 1. The summed E-state index contributed by atoms with van der Waals surface area (Å²) in [6.45, 7) is 14.3. The maximum absolute atomic E-state index is 14.2. The number of nitrogens with one attached hydrogen (secondary N) is 1. The van der Waals surface area contributed by atoms with Gasteiger partial charge in [0, 0.05) is 61.3 Å². The molecule has 3 aliphatic heterocycles. The smallest absolute Gasteiger partial charge is 0.339 e. The van der Waals surface area contributed by atoms with Gasteiger partial charge in [0.1, 0.15) is 0 Å². The van der Waals surface area contributed by atoms with Crippen molar-refractivity contribution in [1.29, 1.82) is 0 Å². The minimum atomic E-state index is -1.03. The number of morpholine rings is 1. The van der Waals surface area contributed by atoms with Crippen LogP contribution in [-0.4, -0.2) is 88.8 Å². The average molecular weight is 509 g/mol. The van der Waals surface area contributed by atoms with E-state index >= 15 is 0 Å². The van der Waals surface area contributed by atoms with Gasteiger partial charge in [-0.25, -0.2) is 9.59 Å². The van der Waals surface area contributed by atoms with Crippen LogP contribution in [-0.2, 0) is 14.9 Å². The van der Waals surface area contributed by atoms with Crippen molar-refractivity contribution < 1.29 is 19.4 Å². The first-order chi connectivity index (χ1) is 17.7. The number of nitrogens with zero attached hydrogens (tertiary/aromatic N) is 3. The van der Waals surface area contributed by atoms with Crippen LogP contribution in [0.2, 0.25) is 0 Å². The van der Waals surface area contributed by atoms with E-state index in [1.165, 1.54) is 0 Å². The zero-order chi connectivity index (χ0) is 26.3. The van der Waals surface area contributed by atoms with E-state index in [1.807, 2.05) is 29.2 Å². The van der Waals surface area contributed by atoms with E-state index in [1.54, 1.807) is 11.1 Å². The standard InChI is InChI=1S/C29H40N4O4/c1-19(2)26-29(3,4)24-21-9-5-6-10-23(21)30-25(24)22(27(34)35)18-33(26)28(36)32-11-7-8-20(17-32)16-31-12-14-37-15-13-31/h5-6,9-10,18-20,26,30H,7-8,11-17H2,1-4H3,(H,34,35)/t20-,26?/m1/s1. The van der Waals surface area contributed by atoms with E-state index in [9.17, 15) is 14.7 Å². The van der Waals surface area contributed by atoms with Crippen LogP contribution < -0.4 is 0 Å². The number of aliphatic carboxylic acids is 1. The number of carboxylic acid groups (broad SMARTS) is 1. The number of ether oxygens (including phenoxy) is 1. The number of carbonyl (C=O) groups is 2. The number of likely N-dealkylation sites (tertiary alicyclic amines) is 1. The highest BCUT2D eigenvalue weighted by atomic mass is 16.5. The number of aromatic nitrogens is 1. The van der Waals surface area contributed by atoms with Gasteiger partial charge in [0.25, 0.3) is 0 Å². The number of aromatic amines is 1. The number of piperidine rings is 1. The third kappa shape index (κ3) is 4.77. The Balaban J connectivity index is 1.51. The number of carboxylic acids is 1. The van der Waals surface area contributed by atoms with E-state index in [0.717, 1.165) is 62.2 Å². The summed E-state index contributed by atoms with van der Waals surface area (Å²) in [5, 5.41) is 11.3. The van der Waals surface area contributed by atoms with Crippen LogP contribution in [0.1, 0.15) is 51.8 Å². The van der Waals surface area contributed by atoms with Gasteiger partial charge in [-0.1, -0.05) is 45.9 Å². The van der Waals surface area contributed by atoms with E-state index in [0.29, 0.717) is 24.7 Å². The molecule has 0 radical (unpaired) electrons. The van der Waals surface area contributed by atoms with Gasteiger partial charge in [-0.3, -0.25) is 9.80 Å². The average Bonchev–Trinajstić information content (AvgIpc) is 3.21. The summed E-state index contributed by atoms with van der Waals surface area (Å²) in [5.41, 5.74) is 2.13. The molecule has 4 heterocycles. The molecule has 3 aliphatic rings. The summed E-state index contributed by atoms with van der Waals surface area (Å²) < 4.78 is 5.50. The van der Waals surface area contributed by atoms with E-state index < -0.39 is 11.4 Å². The second-order valence-electron chi connectivity index (χ2n) is 11.7. The third-order valence-corrected chi connectivity index (χ3v) is 8.42. The van der Waals surface area contributed by atoms with Gasteiger partial charge in [0.05, 0.1) is 24.5 Å². The minimum absolute atomic E-state index is 0.0911. The molecule has 8 heteroatoms. The number of hydrogen-bond acceptors (Lipinski definition) is 4. The molecule has 0 bridgehead atoms. The van der Waals surface area contributed by atoms with Gasteiger partial charge >= 0.3 is 12.0 Å². The van der Waals surface area contributed by atoms with Crippen molar-refractivity contribution in [3.8, 4) is 0 Å². The van der Waals surface area contributed by atoms with Gasteiger partial charge in [-0.05, 0) is 36.3 Å². The van der Waals surface area contributed by atoms with Crippen molar-refractivity contribution in [2.75, 3.05) is 45.9 Å². The topological polar surface area (TPSA) is 89.1 Å². The fourth-order valence-electron chi connectivity index (χ4n) is 6.98. The number of para-hydroxylation sites is 1. The molecule has 37 heavy (non-hydrogen) atoms. The monoisotopic (exact) mass is 508 g/mol. The van der Waals surface area contributed by atoms with E-state index in [4.69, 9.17) is 4.74 Å². The third-order valence-electron chi connectivity index (χ3n) is 8.42. The molecule has 1 aromatic carbocycles. The molecule has 0 spiro atoms. The summed E-state index contributed by atoms with van der Waals surface area (Å²) in [7, 11) is 0. The molecular formula is C29H40N4O4. The Kier molecular flexibility index (Phi) is 7.07. The Hall–Kier alpha value is -2.84. The number of fused-ring (bicyclic) bond motifs is 3. The van der Waals surface area contributed by atoms with Crippen LogP contribution >= 0.6 is 0 Å². The first-order valence-electron chi connectivity index (χ1n) is 13.6. The Bertz CT molecular complexity index is 1190. The Labute approximate surface area is 219 Å². The number of benzene rings is 1. The lowest BCUT2D eigenvalue weighted by Crippen LogP contribution is -2.56. The van der Waals surface area contributed by atoms with Crippen LogP contribution in [0.25, 0.3) is 16.5 Å². The van der Waals surface area contributed by atoms with Gasteiger partial charge in [-0.2, -0.15) is 0 Å². The van der Waals surface area contributed by atoms with Gasteiger partial charge in [-0.15, -0.1) is 0 Å². The van der Waals surface area contributed by atoms with Crippen LogP contribution in [0.15, 0.2) is 30.5 Å². The number of urea groups is 1. The van der Waals surface area contributed by atoms with Crippen LogP contribution in [0, 0.1) is 11.8 Å². The number of hydrogen-bond donors (Lipinski definition) is 2. The molecule has 2 aromatic rings. The van der Waals surface area contributed by atoms with Crippen molar-refractivity contribution in [1.82, 2.24) is 19.7 Å². The first kappa shape index (κ1) is 25.8. The van der Waals surface area contributed by atoms with Gasteiger partial charge < -0.3 is 19.7 Å². The fourth-order valence-corrected chi connectivity index (χ4v) is 6.98. The first-order valence-corrected chi connectivity index (χ1v) is 13.6. The zero-order valence-electron chi connectivity index (χ0n) is 22.5. The molecule has 1 aromatic heterocycles. The highest BCUT2D eigenvalue weighted by molar-refractivity contribution is 6.17. The summed E-state index contributed by atoms with van der Waals surface area (Å²) in [6.07, 6.45) is 3.67. The van der Waals surface area contributed by atoms with Crippen molar-refractivity contribution in [3.63, 3.8) is 0 Å². The highest BCUT2D eigenvalue weighted by Crippen LogP contribution is 2.45. The van der Waals surface area contributed by atoms with Crippen LogP contribution in [0.4, 0.5) is 4.79 Å². The predicted octanol–water partition coefficient (Wildman–Crippen LogP) is 4.38. The second-order valence-corrected chi connectivity index (χ2v) is 11.7. The largest absolute Gasteiger partial charge is 0.478 e. The Morgan fingerprint density at radius 2 is 1.89 bits per heavy atom. The van der Waals surface area contributed by atoms with Crippen molar-refractivity contribution in [2.24, 2.45) is 11.8 Å². The molecule has 2 amide bonds. The summed E-state index contributed by atoms with van der Waals surface area (Å²) in [6, 6.07) is 7.66. The number of carbonyl (C=O) groups excluding carboxylic acids is 1. The normalized spacial score (nSPS) is 24.6. The number of amides is 2. The summed E-state index contributed by atoms with van der Waals surface area (Å²) >= 11 is 0. The lowest BCUT2D eigenvalue weighted by Gasteiger charge is -2.45. The number of rotatable bonds is 4. The predicted molar refractivity (Wildman–Crippen MR) is 144 cm³/mol. The zero-order valence-corrected chi connectivity index (χ0v) is 22.5. The summed E-state index contributed by atoms with van der Waals surface area (Å²) in [5.74, 6) is -0.513. The molecule has 1 unspecified atom stereocenters.